The summed E-state index contributed by atoms with van der Waals surface area (Å²) in [6.45, 7) is 0.516. The molecular weight excluding hydrogens is 622 g/mol. The fourth-order valence-corrected chi connectivity index (χ4v) is 6.69. The van der Waals surface area contributed by atoms with E-state index in [0.29, 0.717) is 33.8 Å². The summed E-state index contributed by atoms with van der Waals surface area (Å²) in [5.74, 6) is 0.764. The molecule has 3 aromatic heterocycles. The summed E-state index contributed by atoms with van der Waals surface area (Å²) in [4.78, 5) is 7.94. The molecule has 4 fully saturated rings. The zero-order valence-electron chi connectivity index (χ0n) is 20.8. The molecule has 3 heterocycles. The normalized spacial score (nSPS) is 24.8. The van der Waals surface area contributed by atoms with Crippen LogP contribution < -0.4 is 4.74 Å². The number of rotatable bonds is 8. The van der Waals surface area contributed by atoms with Gasteiger partial charge in [-0.15, -0.1) is 0 Å². The Hall–Kier alpha value is -1.88. The van der Waals surface area contributed by atoms with E-state index in [4.69, 9.17) is 37.2 Å². The SMILES string of the molecule is FC(F)(F)c1cc(Br)cnc1OCC12CCC(OCc3c(-c4c(Cl)cncc4Cl)noc3C3CC3)(CC1)CC2. The van der Waals surface area contributed by atoms with Crippen molar-refractivity contribution in [2.75, 3.05) is 6.61 Å². The highest BCUT2D eigenvalue weighted by Gasteiger charge is 2.50. The molecule has 0 amide bonds. The minimum atomic E-state index is -4.54. The van der Waals surface area contributed by atoms with Gasteiger partial charge in [-0.1, -0.05) is 28.4 Å². The standard InChI is InChI=1S/C27H25BrCl2F3N3O3/c28-16-9-18(27(31,32)33)24(35-10-16)37-14-25-3-6-26(7-4-25,8-5-25)38-13-17-22(36-39-23(17)15-1-2-15)21-19(29)11-34-12-20(21)30/h9-12,15H,1-8,13-14H2. The maximum absolute atomic E-state index is 13.5. The van der Waals surface area contributed by atoms with Gasteiger partial charge in [0.15, 0.2) is 0 Å². The van der Waals surface area contributed by atoms with E-state index >= 15 is 0 Å². The quantitative estimate of drug-likeness (QED) is 0.244. The van der Waals surface area contributed by atoms with Gasteiger partial charge >= 0.3 is 6.18 Å². The van der Waals surface area contributed by atoms with E-state index in [9.17, 15) is 13.2 Å². The minimum Gasteiger partial charge on any atom is -0.477 e. The van der Waals surface area contributed by atoms with Crippen LogP contribution in [0.1, 0.15) is 74.2 Å². The summed E-state index contributed by atoms with van der Waals surface area (Å²) in [6.07, 6.45) is 6.72. The zero-order chi connectivity index (χ0) is 27.4. The Morgan fingerprint density at radius 3 is 2.31 bits per heavy atom. The van der Waals surface area contributed by atoms with E-state index in [2.05, 4.69) is 31.1 Å². The van der Waals surface area contributed by atoms with Gasteiger partial charge in [-0.3, -0.25) is 4.98 Å². The van der Waals surface area contributed by atoms with Crippen LogP contribution in [0.3, 0.4) is 0 Å². The third-order valence-corrected chi connectivity index (χ3v) is 9.36. The molecule has 0 saturated heterocycles. The summed E-state index contributed by atoms with van der Waals surface area (Å²) in [5.41, 5.74) is 0.667. The lowest BCUT2D eigenvalue weighted by Gasteiger charge is -2.52. The predicted molar refractivity (Wildman–Crippen MR) is 142 cm³/mol. The fourth-order valence-electron chi connectivity index (χ4n) is 5.82. The van der Waals surface area contributed by atoms with Crippen molar-refractivity contribution in [3.05, 3.63) is 56.1 Å². The number of nitrogens with zero attached hydrogens (tertiary/aromatic N) is 3. The van der Waals surface area contributed by atoms with Crippen molar-refractivity contribution < 1.29 is 27.2 Å². The van der Waals surface area contributed by atoms with Gasteiger partial charge in [0.2, 0.25) is 5.88 Å². The number of halogens is 6. The molecule has 0 aliphatic heterocycles. The Balaban J connectivity index is 1.15. The van der Waals surface area contributed by atoms with Gasteiger partial charge in [-0.2, -0.15) is 13.2 Å². The van der Waals surface area contributed by atoms with E-state index in [1.54, 1.807) is 0 Å². The van der Waals surface area contributed by atoms with Crippen LogP contribution in [0.2, 0.25) is 10.0 Å². The lowest BCUT2D eigenvalue weighted by Crippen LogP contribution is -2.49. The summed E-state index contributed by atoms with van der Waals surface area (Å²) in [7, 11) is 0. The van der Waals surface area contributed by atoms with Crippen molar-refractivity contribution in [3.8, 4) is 17.1 Å². The van der Waals surface area contributed by atoms with Crippen molar-refractivity contribution >= 4 is 39.1 Å². The third-order valence-electron chi connectivity index (χ3n) is 8.35. The van der Waals surface area contributed by atoms with Gasteiger partial charge in [0.25, 0.3) is 0 Å². The molecule has 0 aromatic carbocycles. The average Bonchev–Trinajstić information content (AvgIpc) is 3.67. The van der Waals surface area contributed by atoms with E-state index in [0.717, 1.165) is 68.8 Å². The Bertz CT molecular complexity index is 1350. The Morgan fingerprint density at radius 2 is 1.69 bits per heavy atom. The van der Waals surface area contributed by atoms with Gasteiger partial charge in [-0.25, -0.2) is 4.98 Å². The molecule has 0 radical (unpaired) electrons. The van der Waals surface area contributed by atoms with Gasteiger partial charge < -0.3 is 14.0 Å². The van der Waals surface area contributed by atoms with E-state index in [1.807, 2.05) is 0 Å². The fraction of sp³-hybridized carbons (Fsp3) is 0.519. The van der Waals surface area contributed by atoms with Gasteiger partial charge in [0.05, 0.1) is 28.9 Å². The van der Waals surface area contributed by atoms with Gasteiger partial charge in [0, 0.05) is 45.5 Å². The molecule has 2 bridgehead atoms. The number of fused-ring (bicyclic) bond motifs is 3. The number of hydrogen-bond acceptors (Lipinski definition) is 6. The van der Waals surface area contributed by atoms with Crippen molar-refractivity contribution in [2.45, 2.75) is 75.7 Å². The molecule has 0 N–H and O–H groups in total. The third kappa shape index (κ3) is 5.42. The first-order valence-corrected chi connectivity index (χ1v) is 14.4. The highest BCUT2D eigenvalue weighted by molar-refractivity contribution is 9.10. The molecule has 208 valence electrons. The van der Waals surface area contributed by atoms with Crippen LogP contribution in [-0.2, 0) is 17.5 Å². The lowest BCUT2D eigenvalue weighted by atomic mass is 9.59. The molecule has 6 nitrogen and oxygen atoms in total. The molecule has 4 saturated carbocycles. The highest BCUT2D eigenvalue weighted by atomic mass is 79.9. The van der Waals surface area contributed by atoms with Crippen molar-refractivity contribution in [3.63, 3.8) is 0 Å². The summed E-state index contributed by atoms with van der Waals surface area (Å²) in [6, 6.07) is 1.00. The second-order valence-corrected chi connectivity index (χ2v) is 12.6. The van der Waals surface area contributed by atoms with Crippen molar-refractivity contribution in [2.24, 2.45) is 5.41 Å². The monoisotopic (exact) mass is 645 g/mol. The molecule has 0 atom stereocenters. The zero-order valence-corrected chi connectivity index (χ0v) is 23.9. The van der Waals surface area contributed by atoms with Crippen LogP contribution in [0.15, 0.2) is 33.7 Å². The molecule has 0 unspecified atom stereocenters. The molecule has 39 heavy (non-hydrogen) atoms. The van der Waals surface area contributed by atoms with Crippen LogP contribution in [-0.4, -0.2) is 27.3 Å². The molecular formula is C27H25BrCl2F3N3O3. The molecule has 4 aliphatic rings. The highest BCUT2D eigenvalue weighted by Crippen LogP contribution is 2.55. The van der Waals surface area contributed by atoms with E-state index in [1.165, 1.54) is 18.6 Å². The topological polar surface area (TPSA) is 70.3 Å². The second kappa shape index (κ2) is 10.2. The first-order chi connectivity index (χ1) is 18.6. The van der Waals surface area contributed by atoms with Gasteiger partial charge in [0.1, 0.15) is 17.0 Å². The Labute approximate surface area is 241 Å². The second-order valence-electron chi connectivity index (χ2n) is 10.9. The summed E-state index contributed by atoms with van der Waals surface area (Å²) >= 11 is 15.9. The van der Waals surface area contributed by atoms with Crippen LogP contribution >= 0.6 is 39.1 Å². The maximum atomic E-state index is 13.5. The smallest absolute Gasteiger partial charge is 0.421 e. The van der Waals surface area contributed by atoms with E-state index in [-0.39, 0.29) is 28.0 Å². The lowest BCUT2D eigenvalue weighted by molar-refractivity contribution is -0.152. The van der Waals surface area contributed by atoms with Crippen LogP contribution in [0.5, 0.6) is 5.88 Å². The number of alkyl halides is 3. The number of hydrogen-bond donors (Lipinski definition) is 0. The molecule has 3 aromatic rings. The maximum Gasteiger partial charge on any atom is 0.421 e. The molecule has 12 heteroatoms. The van der Waals surface area contributed by atoms with Crippen LogP contribution in [0.4, 0.5) is 13.2 Å². The summed E-state index contributed by atoms with van der Waals surface area (Å²) < 4.78 is 58.9. The Kier molecular flexibility index (Phi) is 7.13. The predicted octanol–water partition coefficient (Wildman–Crippen LogP) is 8.79. The number of aromatic nitrogens is 3. The summed E-state index contributed by atoms with van der Waals surface area (Å²) in [5, 5.41) is 5.12. The molecule has 4 aliphatic carbocycles. The average molecular weight is 647 g/mol. The first-order valence-electron chi connectivity index (χ1n) is 12.9. The molecule has 0 spiro atoms. The molecule has 7 rings (SSSR count). The van der Waals surface area contributed by atoms with E-state index < -0.39 is 11.7 Å². The van der Waals surface area contributed by atoms with Gasteiger partial charge in [-0.05, 0) is 73.4 Å². The van der Waals surface area contributed by atoms with Crippen molar-refractivity contribution in [1.29, 1.82) is 0 Å². The van der Waals surface area contributed by atoms with Crippen LogP contribution in [0, 0.1) is 5.41 Å². The minimum absolute atomic E-state index is 0.192. The van der Waals surface area contributed by atoms with Crippen molar-refractivity contribution in [1.82, 2.24) is 15.1 Å². The largest absolute Gasteiger partial charge is 0.477 e. The van der Waals surface area contributed by atoms with Crippen LogP contribution in [0.25, 0.3) is 11.3 Å². The Morgan fingerprint density at radius 1 is 1.03 bits per heavy atom. The number of pyridine rings is 2. The first kappa shape index (κ1) is 27.3. The number of ether oxygens (including phenoxy) is 2.